The summed E-state index contributed by atoms with van der Waals surface area (Å²) in [7, 11) is 0. The minimum absolute atomic E-state index is 0.00472. The molecule has 0 spiro atoms. The smallest absolute Gasteiger partial charge is 0.231 e. The summed E-state index contributed by atoms with van der Waals surface area (Å²) in [5.74, 6) is 0.971. The van der Waals surface area contributed by atoms with Crippen molar-refractivity contribution in [2.24, 2.45) is 0 Å². The molecule has 3 rings (SSSR count). The Kier molecular flexibility index (Phi) is 4.57. The summed E-state index contributed by atoms with van der Waals surface area (Å²) in [5, 5.41) is 0. The number of rotatable bonds is 5. The predicted molar refractivity (Wildman–Crippen MR) is 91.1 cm³/mol. The summed E-state index contributed by atoms with van der Waals surface area (Å²) in [4.78, 5) is 23.3. The summed E-state index contributed by atoms with van der Waals surface area (Å²) >= 11 is 0. The van der Waals surface area contributed by atoms with Crippen molar-refractivity contribution < 1.29 is 19.1 Å². The maximum atomic E-state index is 12.3. The Hall–Kier alpha value is -3.14. The predicted octanol–water partition coefficient (Wildman–Crippen LogP) is 3.83. The molecule has 2 aromatic carbocycles. The second-order valence-corrected chi connectivity index (χ2v) is 5.38. The van der Waals surface area contributed by atoms with Gasteiger partial charge in [-0.3, -0.25) is 9.59 Å². The molecule has 0 saturated heterocycles. The molecule has 1 heterocycles. The zero-order valence-electron chi connectivity index (χ0n) is 13.2. The maximum absolute atomic E-state index is 12.3. The highest BCUT2D eigenvalue weighted by Gasteiger charge is 2.27. The van der Waals surface area contributed by atoms with Crippen LogP contribution in [-0.2, 0) is 4.79 Å². The lowest BCUT2D eigenvalue weighted by atomic mass is 10.1. The van der Waals surface area contributed by atoms with Crippen molar-refractivity contribution in [3.05, 3.63) is 77.6 Å². The Labute approximate surface area is 140 Å². The van der Waals surface area contributed by atoms with Gasteiger partial charge < -0.3 is 9.47 Å². The number of ether oxygens (including phenoxy) is 2. The number of benzene rings is 2. The van der Waals surface area contributed by atoms with E-state index in [2.05, 4.69) is 0 Å². The zero-order chi connectivity index (χ0) is 16.9. The molecule has 0 amide bonds. The normalized spacial score (nSPS) is 14.7. The molecule has 120 valence electrons. The van der Waals surface area contributed by atoms with Gasteiger partial charge in [0.25, 0.3) is 0 Å². The fourth-order valence-electron chi connectivity index (χ4n) is 2.27. The van der Waals surface area contributed by atoms with Gasteiger partial charge in [0.15, 0.2) is 11.5 Å². The Morgan fingerprint density at radius 2 is 1.96 bits per heavy atom. The van der Waals surface area contributed by atoms with E-state index in [-0.39, 0.29) is 23.9 Å². The third-order valence-corrected chi connectivity index (χ3v) is 3.42. The molecule has 1 aliphatic rings. The summed E-state index contributed by atoms with van der Waals surface area (Å²) < 4.78 is 10.9. The van der Waals surface area contributed by atoms with E-state index in [1.165, 1.54) is 6.92 Å². The van der Waals surface area contributed by atoms with Crippen molar-refractivity contribution in [1.82, 2.24) is 0 Å². The first-order valence-electron chi connectivity index (χ1n) is 7.56. The molecule has 0 aromatic heterocycles. The van der Waals surface area contributed by atoms with Crippen molar-refractivity contribution in [2.45, 2.75) is 6.92 Å². The van der Waals surface area contributed by atoms with Crippen LogP contribution in [0.15, 0.2) is 66.4 Å². The van der Waals surface area contributed by atoms with E-state index in [1.54, 1.807) is 30.4 Å². The van der Waals surface area contributed by atoms with Crippen molar-refractivity contribution >= 4 is 17.6 Å². The molecular formula is C20H16O4. The van der Waals surface area contributed by atoms with E-state index in [0.717, 1.165) is 5.56 Å². The first-order chi connectivity index (χ1) is 11.6. The van der Waals surface area contributed by atoms with E-state index in [1.807, 2.05) is 36.4 Å². The fraction of sp³-hybridized carbons (Fsp3) is 0.100. The number of ketones is 2. The standard InChI is InChI=1S/C20H16O4/c1-14(21)13-23-16-10-11-17-19(12-16)24-18(20(17)22)9-5-8-15-6-3-2-4-7-15/h2-12H,13H2,1H3. The third kappa shape index (κ3) is 3.60. The van der Waals surface area contributed by atoms with E-state index in [9.17, 15) is 9.59 Å². The SMILES string of the molecule is CC(=O)COc1ccc2c(c1)OC(=CC=Cc1ccccc1)C2=O. The molecule has 4 nitrogen and oxygen atoms in total. The lowest BCUT2D eigenvalue weighted by Crippen LogP contribution is -2.06. The van der Waals surface area contributed by atoms with E-state index in [0.29, 0.717) is 17.1 Å². The summed E-state index contributed by atoms with van der Waals surface area (Å²) in [6.45, 7) is 1.45. The van der Waals surface area contributed by atoms with Gasteiger partial charge in [0.2, 0.25) is 5.78 Å². The largest absolute Gasteiger partial charge is 0.486 e. The molecule has 2 aromatic rings. The molecule has 1 aliphatic heterocycles. The van der Waals surface area contributed by atoms with Gasteiger partial charge in [-0.15, -0.1) is 0 Å². The molecule has 0 unspecified atom stereocenters. The molecule has 0 radical (unpaired) electrons. The molecular weight excluding hydrogens is 304 g/mol. The van der Waals surface area contributed by atoms with Gasteiger partial charge >= 0.3 is 0 Å². The number of Topliss-reactive ketones (excluding diaryl/α,β-unsaturated/α-hetero) is 2. The highest BCUT2D eigenvalue weighted by atomic mass is 16.5. The Balaban J connectivity index is 1.74. The molecule has 24 heavy (non-hydrogen) atoms. The van der Waals surface area contributed by atoms with Gasteiger partial charge in [0.1, 0.15) is 18.1 Å². The monoisotopic (exact) mass is 320 g/mol. The van der Waals surface area contributed by atoms with Crippen LogP contribution in [0.1, 0.15) is 22.8 Å². The number of hydrogen-bond donors (Lipinski definition) is 0. The number of hydrogen-bond acceptors (Lipinski definition) is 4. The average molecular weight is 320 g/mol. The highest BCUT2D eigenvalue weighted by Crippen LogP contribution is 2.34. The Bertz CT molecular complexity index is 832. The number of fused-ring (bicyclic) bond motifs is 1. The van der Waals surface area contributed by atoms with E-state index in [4.69, 9.17) is 9.47 Å². The topological polar surface area (TPSA) is 52.6 Å². The molecule has 0 bridgehead atoms. The lowest BCUT2D eigenvalue weighted by molar-refractivity contribution is -0.118. The third-order valence-electron chi connectivity index (χ3n) is 3.42. The van der Waals surface area contributed by atoms with Gasteiger partial charge in [-0.1, -0.05) is 42.5 Å². The van der Waals surface area contributed by atoms with Crippen LogP contribution in [0.3, 0.4) is 0 Å². The van der Waals surface area contributed by atoms with Crippen LogP contribution in [0.5, 0.6) is 11.5 Å². The van der Waals surface area contributed by atoms with Crippen molar-refractivity contribution in [3.8, 4) is 11.5 Å². The quantitative estimate of drug-likeness (QED) is 0.786. The molecule has 0 aliphatic carbocycles. The van der Waals surface area contributed by atoms with Crippen LogP contribution in [-0.4, -0.2) is 18.2 Å². The van der Waals surface area contributed by atoms with Crippen molar-refractivity contribution in [1.29, 1.82) is 0 Å². The van der Waals surface area contributed by atoms with Gasteiger partial charge in [-0.05, 0) is 30.7 Å². The molecule has 0 fully saturated rings. The first-order valence-corrected chi connectivity index (χ1v) is 7.56. The Morgan fingerprint density at radius 1 is 1.17 bits per heavy atom. The van der Waals surface area contributed by atoms with Crippen LogP contribution < -0.4 is 9.47 Å². The van der Waals surface area contributed by atoms with Crippen LogP contribution in [0.2, 0.25) is 0 Å². The summed E-state index contributed by atoms with van der Waals surface area (Å²) in [6, 6.07) is 14.7. The zero-order valence-corrected chi connectivity index (χ0v) is 13.2. The summed E-state index contributed by atoms with van der Waals surface area (Å²) in [5.41, 5.74) is 1.53. The van der Waals surface area contributed by atoms with E-state index < -0.39 is 0 Å². The first kappa shape index (κ1) is 15.7. The van der Waals surface area contributed by atoms with E-state index >= 15 is 0 Å². The number of carbonyl (C=O) groups is 2. The van der Waals surface area contributed by atoms with Gasteiger partial charge in [0, 0.05) is 6.07 Å². The van der Waals surface area contributed by atoms with Crippen LogP contribution in [0, 0.1) is 0 Å². The second-order valence-electron chi connectivity index (χ2n) is 5.38. The molecule has 0 atom stereocenters. The minimum atomic E-state index is -0.166. The van der Waals surface area contributed by atoms with Crippen LogP contribution in [0.4, 0.5) is 0 Å². The lowest BCUT2D eigenvalue weighted by Gasteiger charge is -2.04. The Morgan fingerprint density at radius 3 is 2.71 bits per heavy atom. The molecule has 0 saturated carbocycles. The molecule has 4 heteroatoms. The minimum Gasteiger partial charge on any atom is -0.486 e. The number of allylic oxidation sites excluding steroid dienone is 3. The fourth-order valence-corrected chi connectivity index (χ4v) is 2.27. The second kappa shape index (κ2) is 6.96. The summed E-state index contributed by atoms with van der Waals surface area (Å²) in [6.07, 6.45) is 5.32. The van der Waals surface area contributed by atoms with Gasteiger partial charge in [0.05, 0.1) is 5.56 Å². The van der Waals surface area contributed by atoms with Crippen molar-refractivity contribution in [3.63, 3.8) is 0 Å². The average Bonchev–Trinajstić information content (AvgIpc) is 2.90. The van der Waals surface area contributed by atoms with Gasteiger partial charge in [-0.2, -0.15) is 0 Å². The van der Waals surface area contributed by atoms with Crippen LogP contribution in [0.25, 0.3) is 6.08 Å². The van der Waals surface area contributed by atoms with Crippen LogP contribution >= 0.6 is 0 Å². The maximum Gasteiger partial charge on any atom is 0.231 e. The number of carbonyl (C=O) groups excluding carboxylic acids is 2. The highest BCUT2D eigenvalue weighted by molar-refractivity contribution is 6.12. The van der Waals surface area contributed by atoms with Gasteiger partial charge in [-0.25, -0.2) is 0 Å². The molecule has 0 N–H and O–H groups in total. The van der Waals surface area contributed by atoms with Crippen molar-refractivity contribution in [2.75, 3.05) is 6.61 Å².